The summed E-state index contributed by atoms with van der Waals surface area (Å²) < 4.78 is 0. The second kappa shape index (κ2) is 7.62. The Kier molecular flexibility index (Phi) is 5.80. The van der Waals surface area contributed by atoms with Crippen molar-refractivity contribution < 1.29 is 9.59 Å². The zero-order valence-corrected chi connectivity index (χ0v) is 14.5. The second-order valence-corrected chi connectivity index (χ2v) is 6.48. The lowest BCUT2D eigenvalue weighted by Crippen LogP contribution is -2.45. The van der Waals surface area contributed by atoms with Crippen molar-refractivity contribution in [1.82, 2.24) is 10.2 Å². The Labute approximate surface area is 139 Å². The first-order valence-electron chi connectivity index (χ1n) is 8.67. The van der Waals surface area contributed by atoms with Gasteiger partial charge in [0.2, 0.25) is 11.8 Å². The second-order valence-electron chi connectivity index (χ2n) is 6.48. The summed E-state index contributed by atoms with van der Waals surface area (Å²) in [5.74, 6) is -0.0913. The molecule has 0 atom stereocenters. The number of aryl methyl sites for hydroxylation is 1. The molecular formula is C19H28N2O2. The van der Waals surface area contributed by atoms with Crippen molar-refractivity contribution >= 4 is 11.8 Å². The maximum atomic E-state index is 12.8. The summed E-state index contributed by atoms with van der Waals surface area (Å²) in [7, 11) is 0. The van der Waals surface area contributed by atoms with E-state index in [1.54, 1.807) is 0 Å². The Morgan fingerprint density at radius 1 is 1.13 bits per heavy atom. The van der Waals surface area contributed by atoms with Crippen LogP contribution in [0.4, 0.5) is 0 Å². The topological polar surface area (TPSA) is 49.4 Å². The van der Waals surface area contributed by atoms with Gasteiger partial charge >= 0.3 is 0 Å². The summed E-state index contributed by atoms with van der Waals surface area (Å²) in [6.45, 7) is 8.12. The molecule has 1 aromatic carbocycles. The minimum Gasteiger partial charge on any atom is -0.351 e. The molecule has 2 amide bonds. The van der Waals surface area contributed by atoms with Crippen molar-refractivity contribution in [2.45, 2.75) is 53.0 Å². The van der Waals surface area contributed by atoms with Crippen molar-refractivity contribution in [3.63, 3.8) is 0 Å². The summed E-state index contributed by atoms with van der Waals surface area (Å²) in [5.41, 5.74) is 1.46. The van der Waals surface area contributed by atoms with Crippen LogP contribution in [0.25, 0.3) is 0 Å². The van der Waals surface area contributed by atoms with Crippen LogP contribution in [-0.4, -0.2) is 29.8 Å². The lowest BCUT2D eigenvalue weighted by Gasteiger charge is -2.26. The Hall–Kier alpha value is -1.84. The molecule has 0 aromatic heterocycles. The molecule has 1 N–H and O–H groups in total. The third-order valence-corrected chi connectivity index (χ3v) is 4.57. The van der Waals surface area contributed by atoms with E-state index in [9.17, 15) is 9.59 Å². The Bertz CT molecular complexity index is 558. The average molecular weight is 316 g/mol. The number of hydrogen-bond acceptors (Lipinski definition) is 2. The summed E-state index contributed by atoms with van der Waals surface area (Å²) >= 11 is 0. The number of hydrogen-bond donors (Lipinski definition) is 1. The standard InChI is InChI=1S/C19H28N2O2/c1-4-12-21(13-5-2)18(23)19(10-11-19)17(22)20-14-16-9-7-6-8-15(16)3/h6-9H,4-5,10-14H2,1-3H3,(H,20,22). The van der Waals surface area contributed by atoms with E-state index < -0.39 is 5.41 Å². The van der Waals surface area contributed by atoms with Gasteiger partial charge in [0.15, 0.2) is 0 Å². The predicted molar refractivity (Wildman–Crippen MR) is 91.9 cm³/mol. The van der Waals surface area contributed by atoms with E-state index in [2.05, 4.69) is 19.2 Å². The number of carbonyl (C=O) groups excluding carboxylic acids is 2. The van der Waals surface area contributed by atoms with Crippen LogP contribution in [0.15, 0.2) is 24.3 Å². The highest BCUT2D eigenvalue weighted by molar-refractivity contribution is 6.07. The van der Waals surface area contributed by atoms with Crippen LogP contribution >= 0.6 is 0 Å². The first-order valence-corrected chi connectivity index (χ1v) is 8.67. The number of amides is 2. The number of benzene rings is 1. The summed E-state index contributed by atoms with van der Waals surface area (Å²) in [5, 5.41) is 2.98. The van der Waals surface area contributed by atoms with Crippen LogP contribution in [-0.2, 0) is 16.1 Å². The monoisotopic (exact) mass is 316 g/mol. The lowest BCUT2D eigenvalue weighted by molar-refractivity contribution is -0.144. The number of nitrogens with zero attached hydrogens (tertiary/aromatic N) is 1. The minimum atomic E-state index is -0.799. The number of rotatable bonds is 8. The Balaban J connectivity index is 2.00. The molecule has 1 saturated carbocycles. The fraction of sp³-hybridized carbons (Fsp3) is 0.579. The van der Waals surface area contributed by atoms with Gasteiger partial charge in [0.1, 0.15) is 5.41 Å². The molecular weight excluding hydrogens is 288 g/mol. The average Bonchev–Trinajstić information content (AvgIpc) is 3.35. The molecule has 0 heterocycles. The van der Waals surface area contributed by atoms with Gasteiger partial charge in [0, 0.05) is 19.6 Å². The van der Waals surface area contributed by atoms with E-state index in [4.69, 9.17) is 0 Å². The smallest absolute Gasteiger partial charge is 0.238 e. The number of carbonyl (C=O) groups is 2. The van der Waals surface area contributed by atoms with Crippen LogP contribution in [0.1, 0.15) is 50.7 Å². The molecule has 0 bridgehead atoms. The van der Waals surface area contributed by atoms with Crippen LogP contribution in [0.2, 0.25) is 0 Å². The molecule has 0 spiro atoms. The van der Waals surface area contributed by atoms with Crippen molar-refractivity contribution in [2.75, 3.05) is 13.1 Å². The largest absolute Gasteiger partial charge is 0.351 e. The SMILES string of the molecule is CCCN(CCC)C(=O)C1(C(=O)NCc2ccccc2C)CC1. The van der Waals surface area contributed by atoms with Crippen molar-refractivity contribution in [1.29, 1.82) is 0 Å². The van der Waals surface area contributed by atoms with Gasteiger partial charge in [-0.25, -0.2) is 0 Å². The van der Waals surface area contributed by atoms with Gasteiger partial charge in [-0.3, -0.25) is 9.59 Å². The maximum Gasteiger partial charge on any atom is 0.238 e. The highest BCUT2D eigenvalue weighted by Crippen LogP contribution is 2.47. The highest BCUT2D eigenvalue weighted by Gasteiger charge is 2.57. The molecule has 4 nitrogen and oxygen atoms in total. The molecule has 0 unspecified atom stereocenters. The molecule has 1 fully saturated rings. The molecule has 0 radical (unpaired) electrons. The minimum absolute atomic E-state index is 0.0171. The van der Waals surface area contributed by atoms with Gasteiger partial charge in [-0.2, -0.15) is 0 Å². The quantitative estimate of drug-likeness (QED) is 0.749. The maximum absolute atomic E-state index is 12.8. The van der Waals surface area contributed by atoms with E-state index in [0.717, 1.165) is 37.1 Å². The first kappa shape index (κ1) is 17.5. The normalized spacial score (nSPS) is 15.1. The number of nitrogens with one attached hydrogen (secondary N) is 1. The van der Waals surface area contributed by atoms with E-state index in [-0.39, 0.29) is 11.8 Å². The summed E-state index contributed by atoms with van der Waals surface area (Å²) in [6.07, 6.45) is 3.20. The van der Waals surface area contributed by atoms with Crippen LogP contribution < -0.4 is 5.32 Å². The fourth-order valence-electron chi connectivity index (χ4n) is 2.97. The Morgan fingerprint density at radius 3 is 2.26 bits per heavy atom. The molecule has 1 aliphatic carbocycles. The third-order valence-electron chi connectivity index (χ3n) is 4.57. The van der Waals surface area contributed by atoms with E-state index in [1.807, 2.05) is 36.1 Å². The van der Waals surface area contributed by atoms with Crippen LogP contribution in [0, 0.1) is 12.3 Å². The summed E-state index contributed by atoms with van der Waals surface area (Å²) in [6, 6.07) is 8.00. The van der Waals surface area contributed by atoms with Gasteiger partial charge < -0.3 is 10.2 Å². The van der Waals surface area contributed by atoms with Crippen LogP contribution in [0.5, 0.6) is 0 Å². The van der Waals surface area contributed by atoms with Gasteiger partial charge in [-0.1, -0.05) is 38.1 Å². The molecule has 1 aliphatic rings. The van der Waals surface area contributed by atoms with E-state index in [0.29, 0.717) is 19.4 Å². The van der Waals surface area contributed by atoms with Crippen molar-refractivity contribution in [2.24, 2.45) is 5.41 Å². The van der Waals surface area contributed by atoms with Crippen molar-refractivity contribution in [3.8, 4) is 0 Å². The van der Waals surface area contributed by atoms with Gasteiger partial charge in [-0.05, 0) is 43.7 Å². The third kappa shape index (κ3) is 3.92. The van der Waals surface area contributed by atoms with Gasteiger partial charge in [-0.15, -0.1) is 0 Å². The molecule has 2 rings (SSSR count). The highest BCUT2D eigenvalue weighted by atomic mass is 16.2. The molecule has 23 heavy (non-hydrogen) atoms. The van der Waals surface area contributed by atoms with Crippen LogP contribution in [0.3, 0.4) is 0 Å². The summed E-state index contributed by atoms with van der Waals surface area (Å²) in [4.78, 5) is 27.3. The molecule has 0 aliphatic heterocycles. The van der Waals surface area contributed by atoms with Gasteiger partial charge in [0.25, 0.3) is 0 Å². The molecule has 1 aromatic rings. The van der Waals surface area contributed by atoms with E-state index in [1.165, 1.54) is 0 Å². The molecule has 4 heteroatoms. The zero-order valence-electron chi connectivity index (χ0n) is 14.5. The van der Waals surface area contributed by atoms with Crippen molar-refractivity contribution in [3.05, 3.63) is 35.4 Å². The predicted octanol–water partition coefficient (Wildman–Crippen LogP) is 3.04. The molecule has 126 valence electrons. The lowest BCUT2D eigenvalue weighted by atomic mass is 10.0. The van der Waals surface area contributed by atoms with Gasteiger partial charge in [0.05, 0.1) is 0 Å². The van der Waals surface area contributed by atoms with E-state index >= 15 is 0 Å². The zero-order chi connectivity index (χ0) is 16.9. The first-order chi connectivity index (χ1) is 11.0. The Morgan fingerprint density at radius 2 is 1.74 bits per heavy atom. The molecule has 0 saturated heterocycles. The fourth-order valence-corrected chi connectivity index (χ4v) is 2.97.